The van der Waals surface area contributed by atoms with Gasteiger partial charge in [0, 0.05) is 0 Å². The molecule has 1 aromatic rings. The van der Waals surface area contributed by atoms with E-state index in [0.29, 0.717) is 18.9 Å². The maximum absolute atomic E-state index is 11.7. The van der Waals surface area contributed by atoms with Crippen molar-refractivity contribution in [3.63, 3.8) is 0 Å². The minimum atomic E-state index is -0.524. The Hall–Kier alpha value is -1.51. The fourth-order valence-corrected chi connectivity index (χ4v) is 2.07. The summed E-state index contributed by atoms with van der Waals surface area (Å²) in [6.07, 6.45) is 0.0772. The largest absolute Gasteiger partial charge is 0.479 e. The van der Waals surface area contributed by atoms with Gasteiger partial charge in [-0.2, -0.15) is 0 Å². The van der Waals surface area contributed by atoms with Crippen LogP contribution in [0.4, 0.5) is 0 Å². The van der Waals surface area contributed by atoms with Crippen LogP contribution in [0.5, 0.6) is 5.75 Å². The SMILES string of the molecule is CCOC(=O)C(CC)Oc1ccc(C(C)C)c(C)c1. The van der Waals surface area contributed by atoms with E-state index in [-0.39, 0.29) is 5.97 Å². The lowest BCUT2D eigenvalue weighted by Gasteiger charge is -2.17. The van der Waals surface area contributed by atoms with Gasteiger partial charge in [0.1, 0.15) is 5.75 Å². The number of esters is 1. The molecule has 19 heavy (non-hydrogen) atoms. The van der Waals surface area contributed by atoms with Crippen molar-refractivity contribution in [3.05, 3.63) is 29.3 Å². The number of rotatable bonds is 6. The Morgan fingerprint density at radius 1 is 1.26 bits per heavy atom. The fraction of sp³-hybridized carbons (Fsp3) is 0.562. The Labute approximate surface area is 115 Å². The first-order valence-electron chi connectivity index (χ1n) is 6.93. The molecular formula is C16H24O3. The zero-order valence-electron chi connectivity index (χ0n) is 12.5. The molecular weight excluding hydrogens is 240 g/mol. The van der Waals surface area contributed by atoms with Crippen LogP contribution < -0.4 is 4.74 Å². The first-order valence-corrected chi connectivity index (χ1v) is 6.93. The molecule has 0 amide bonds. The molecule has 0 heterocycles. The van der Waals surface area contributed by atoms with Crippen LogP contribution in [0.1, 0.15) is 51.2 Å². The lowest BCUT2D eigenvalue weighted by Crippen LogP contribution is -2.28. The molecule has 0 aliphatic rings. The van der Waals surface area contributed by atoms with Crippen molar-refractivity contribution in [2.45, 2.75) is 53.1 Å². The quantitative estimate of drug-likeness (QED) is 0.732. The minimum Gasteiger partial charge on any atom is -0.479 e. The molecule has 0 aliphatic carbocycles. The summed E-state index contributed by atoms with van der Waals surface area (Å²) in [5.74, 6) is 0.915. The van der Waals surface area contributed by atoms with Gasteiger partial charge >= 0.3 is 5.97 Å². The molecule has 3 heteroatoms. The number of carbonyl (C=O) groups is 1. The highest BCUT2D eigenvalue weighted by atomic mass is 16.6. The van der Waals surface area contributed by atoms with Gasteiger partial charge in [0.25, 0.3) is 0 Å². The summed E-state index contributed by atoms with van der Waals surface area (Å²) in [4.78, 5) is 11.7. The van der Waals surface area contributed by atoms with Crippen molar-refractivity contribution < 1.29 is 14.3 Å². The van der Waals surface area contributed by atoms with E-state index in [1.807, 2.05) is 19.1 Å². The lowest BCUT2D eigenvalue weighted by molar-refractivity contribution is -0.151. The normalized spacial score (nSPS) is 12.3. The van der Waals surface area contributed by atoms with Crippen LogP contribution in [0, 0.1) is 6.92 Å². The van der Waals surface area contributed by atoms with Gasteiger partial charge < -0.3 is 9.47 Å². The molecule has 0 spiro atoms. The summed E-state index contributed by atoms with van der Waals surface area (Å²) >= 11 is 0. The maximum atomic E-state index is 11.7. The van der Waals surface area contributed by atoms with E-state index in [4.69, 9.17) is 9.47 Å². The molecule has 1 aromatic carbocycles. The van der Waals surface area contributed by atoms with E-state index >= 15 is 0 Å². The number of benzene rings is 1. The third kappa shape index (κ3) is 4.27. The molecule has 0 N–H and O–H groups in total. The van der Waals surface area contributed by atoms with Gasteiger partial charge in [-0.05, 0) is 49.4 Å². The van der Waals surface area contributed by atoms with Crippen molar-refractivity contribution in [1.29, 1.82) is 0 Å². The maximum Gasteiger partial charge on any atom is 0.347 e. The van der Waals surface area contributed by atoms with Crippen LogP contribution in [0.15, 0.2) is 18.2 Å². The third-order valence-corrected chi connectivity index (χ3v) is 3.06. The summed E-state index contributed by atoms with van der Waals surface area (Å²) in [5, 5.41) is 0. The molecule has 0 aliphatic heterocycles. The van der Waals surface area contributed by atoms with Crippen molar-refractivity contribution in [1.82, 2.24) is 0 Å². The Morgan fingerprint density at radius 3 is 2.42 bits per heavy atom. The van der Waals surface area contributed by atoms with Crippen LogP contribution in [0.2, 0.25) is 0 Å². The topological polar surface area (TPSA) is 35.5 Å². The van der Waals surface area contributed by atoms with Crippen molar-refractivity contribution >= 4 is 5.97 Å². The highest BCUT2D eigenvalue weighted by Gasteiger charge is 2.19. The van der Waals surface area contributed by atoms with Crippen LogP contribution in [0.25, 0.3) is 0 Å². The van der Waals surface area contributed by atoms with E-state index in [1.54, 1.807) is 6.92 Å². The second-order valence-electron chi connectivity index (χ2n) is 4.94. The monoisotopic (exact) mass is 264 g/mol. The molecule has 0 bridgehead atoms. The lowest BCUT2D eigenvalue weighted by atomic mass is 9.98. The van der Waals surface area contributed by atoms with Crippen LogP contribution in [-0.2, 0) is 9.53 Å². The summed E-state index contributed by atoms with van der Waals surface area (Å²) in [7, 11) is 0. The zero-order chi connectivity index (χ0) is 14.4. The van der Waals surface area contributed by atoms with E-state index in [0.717, 1.165) is 5.75 Å². The molecule has 0 radical (unpaired) electrons. The smallest absolute Gasteiger partial charge is 0.347 e. The van der Waals surface area contributed by atoms with Gasteiger partial charge in [0.15, 0.2) is 6.10 Å². The Morgan fingerprint density at radius 2 is 1.95 bits per heavy atom. The number of ether oxygens (including phenoxy) is 2. The summed E-state index contributed by atoms with van der Waals surface area (Å²) < 4.78 is 10.7. The second-order valence-corrected chi connectivity index (χ2v) is 4.94. The predicted octanol–water partition coefficient (Wildman–Crippen LogP) is 3.84. The van der Waals surface area contributed by atoms with E-state index in [2.05, 4.69) is 26.8 Å². The average molecular weight is 264 g/mol. The number of carbonyl (C=O) groups excluding carboxylic acids is 1. The van der Waals surface area contributed by atoms with E-state index in [9.17, 15) is 4.79 Å². The minimum absolute atomic E-state index is 0.296. The summed E-state index contributed by atoms with van der Waals surface area (Å²) in [5.41, 5.74) is 2.49. The number of hydrogen-bond donors (Lipinski definition) is 0. The number of aryl methyl sites for hydroxylation is 1. The Bertz CT molecular complexity index is 424. The van der Waals surface area contributed by atoms with Gasteiger partial charge in [0.05, 0.1) is 6.61 Å². The van der Waals surface area contributed by atoms with Crippen LogP contribution in [-0.4, -0.2) is 18.7 Å². The molecule has 0 saturated carbocycles. The summed E-state index contributed by atoms with van der Waals surface area (Å²) in [6, 6.07) is 5.97. The van der Waals surface area contributed by atoms with Gasteiger partial charge in [-0.25, -0.2) is 4.79 Å². The second kappa shape index (κ2) is 7.17. The molecule has 1 unspecified atom stereocenters. The van der Waals surface area contributed by atoms with Gasteiger partial charge in [-0.15, -0.1) is 0 Å². The van der Waals surface area contributed by atoms with Gasteiger partial charge in [0.2, 0.25) is 0 Å². The van der Waals surface area contributed by atoms with Crippen molar-refractivity contribution in [2.24, 2.45) is 0 Å². The average Bonchev–Trinajstić information content (AvgIpc) is 2.35. The van der Waals surface area contributed by atoms with Gasteiger partial charge in [-0.3, -0.25) is 0 Å². The standard InChI is InChI=1S/C16H24O3/c1-6-15(16(17)18-7-2)19-13-8-9-14(11(3)4)12(5)10-13/h8-11,15H,6-7H2,1-5H3. The molecule has 0 aromatic heterocycles. The Balaban J connectivity index is 2.81. The molecule has 0 saturated heterocycles. The van der Waals surface area contributed by atoms with Crippen LogP contribution >= 0.6 is 0 Å². The highest BCUT2D eigenvalue weighted by Crippen LogP contribution is 2.24. The first kappa shape index (κ1) is 15.5. The fourth-order valence-electron chi connectivity index (χ4n) is 2.07. The highest BCUT2D eigenvalue weighted by molar-refractivity contribution is 5.75. The molecule has 3 nitrogen and oxygen atoms in total. The van der Waals surface area contributed by atoms with E-state index in [1.165, 1.54) is 11.1 Å². The van der Waals surface area contributed by atoms with Gasteiger partial charge in [-0.1, -0.05) is 26.8 Å². The molecule has 1 rings (SSSR count). The zero-order valence-corrected chi connectivity index (χ0v) is 12.5. The van der Waals surface area contributed by atoms with Crippen molar-refractivity contribution in [3.8, 4) is 5.75 Å². The summed E-state index contributed by atoms with van der Waals surface area (Å²) in [6.45, 7) is 10.5. The molecule has 1 atom stereocenters. The van der Waals surface area contributed by atoms with Crippen molar-refractivity contribution in [2.75, 3.05) is 6.61 Å². The molecule has 106 valence electrons. The first-order chi connectivity index (χ1) is 8.99. The predicted molar refractivity (Wildman–Crippen MR) is 76.6 cm³/mol. The third-order valence-electron chi connectivity index (χ3n) is 3.06. The number of hydrogen-bond acceptors (Lipinski definition) is 3. The Kier molecular flexibility index (Phi) is 5.87. The molecule has 0 fully saturated rings. The van der Waals surface area contributed by atoms with Crippen LogP contribution in [0.3, 0.4) is 0 Å². The van der Waals surface area contributed by atoms with E-state index < -0.39 is 6.10 Å².